The Morgan fingerprint density at radius 1 is 1.40 bits per heavy atom. The number of ether oxygens (including phenoxy) is 1. The lowest BCUT2D eigenvalue weighted by Crippen LogP contribution is -2.43. The summed E-state index contributed by atoms with van der Waals surface area (Å²) >= 11 is 0. The number of nitrogens with one attached hydrogen (secondary N) is 1. The summed E-state index contributed by atoms with van der Waals surface area (Å²) < 4.78 is 11.6. The summed E-state index contributed by atoms with van der Waals surface area (Å²) in [6, 6.07) is 0. The number of aromatic nitrogens is 2. The zero-order chi connectivity index (χ0) is 13.6. The Hall–Kier alpha value is -0.940. The highest BCUT2D eigenvalue weighted by Gasteiger charge is 2.45. The molecule has 3 aliphatic rings. The van der Waals surface area contributed by atoms with Crippen LogP contribution in [0.1, 0.15) is 63.1 Å². The van der Waals surface area contributed by atoms with Crippen molar-refractivity contribution >= 4 is 0 Å². The molecule has 3 fully saturated rings. The average Bonchev–Trinajstić information content (AvgIpc) is 3.23. The Kier molecular flexibility index (Phi) is 3.07. The zero-order valence-electron chi connectivity index (χ0n) is 12.1. The molecule has 4 rings (SSSR count). The van der Waals surface area contributed by atoms with Crippen LogP contribution < -0.4 is 5.32 Å². The van der Waals surface area contributed by atoms with Crippen LogP contribution in [-0.2, 0) is 10.2 Å². The monoisotopic (exact) mass is 277 g/mol. The van der Waals surface area contributed by atoms with E-state index in [1.54, 1.807) is 0 Å². The first-order valence-corrected chi connectivity index (χ1v) is 8.01. The Morgan fingerprint density at radius 2 is 2.35 bits per heavy atom. The highest BCUT2D eigenvalue weighted by atomic mass is 16.5. The fourth-order valence-corrected chi connectivity index (χ4v) is 4.11. The van der Waals surface area contributed by atoms with Crippen LogP contribution in [0.3, 0.4) is 0 Å². The van der Waals surface area contributed by atoms with E-state index >= 15 is 0 Å². The first-order valence-electron chi connectivity index (χ1n) is 8.01. The normalized spacial score (nSPS) is 40.4. The second-order valence-corrected chi connectivity index (χ2v) is 6.59. The molecule has 1 aromatic heterocycles. The number of fused-ring (bicyclic) bond motifs is 2. The molecule has 4 atom stereocenters. The number of hydrogen-bond donors (Lipinski definition) is 1. The van der Waals surface area contributed by atoms with Crippen LogP contribution in [0, 0.1) is 0 Å². The maximum Gasteiger partial charge on any atom is 0.234 e. The second kappa shape index (κ2) is 4.81. The van der Waals surface area contributed by atoms with Crippen LogP contribution in [0.5, 0.6) is 0 Å². The van der Waals surface area contributed by atoms with E-state index in [9.17, 15) is 0 Å². The molecular weight excluding hydrogens is 254 g/mol. The Balaban J connectivity index is 1.58. The Morgan fingerprint density at radius 3 is 3.00 bits per heavy atom. The Labute approximate surface area is 119 Å². The highest BCUT2D eigenvalue weighted by Crippen LogP contribution is 2.44. The fourth-order valence-electron chi connectivity index (χ4n) is 4.11. The molecule has 20 heavy (non-hydrogen) atoms. The second-order valence-electron chi connectivity index (χ2n) is 6.59. The standard InChI is InChI=1S/C15H23N3O2/c1-2-15(6-3-7-16-9-15)14-17-13(18-20-14)11-8-10-4-5-12(11)19-10/h10-12,16H,2-9H2,1H3. The minimum absolute atomic E-state index is 0.0436. The number of hydrogen-bond acceptors (Lipinski definition) is 5. The highest BCUT2D eigenvalue weighted by molar-refractivity contribution is 5.12. The third-order valence-electron chi connectivity index (χ3n) is 5.48. The SMILES string of the molecule is CCC1(c2nc(C3CC4CCC3O4)no2)CCCNC1. The van der Waals surface area contributed by atoms with Crippen LogP contribution in [0.15, 0.2) is 4.52 Å². The first kappa shape index (κ1) is 12.8. The van der Waals surface area contributed by atoms with Crippen molar-refractivity contribution in [1.82, 2.24) is 15.5 Å². The third kappa shape index (κ3) is 1.91. The van der Waals surface area contributed by atoms with E-state index in [-0.39, 0.29) is 5.41 Å². The van der Waals surface area contributed by atoms with Gasteiger partial charge in [0.25, 0.3) is 0 Å². The minimum Gasteiger partial charge on any atom is -0.374 e. The smallest absolute Gasteiger partial charge is 0.234 e. The average molecular weight is 277 g/mol. The van der Waals surface area contributed by atoms with Gasteiger partial charge in [0.1, 0.15) is 0 Å². The summed E-state index contributed by atoms with van der Waals surface area (Å²) in [5, 5.41) is 7.77. The van der Waals surface area contributed by atoms with Crippen molar-refractivity contribution in [3.63, 3.8) is 0 Å². The maximum absolute atomic E-state index is 5.91. The molecule has 1 N–H and O–H groups in total. The predicted molar refractivity (Wildman–Crippen MR) is 73.6 cm³/mol. The van der Waals surface area contributed by atoms with Crippen LogP contribution >= 0.6 is 0 Å². The van der Waals surface area contributed by atoms with Gasteiger partial charge in [0.05, 0.1) is 23.5 Å². The molecule has 4 unspecified atom stereocenters. The quantitative estimate of drug-likeness (QED) is 0.917. The molecule has 0 aliphatic carbocycles. The fraction of sp³-hybridized carbons (Fsp3) is 0.867. The molecule has 0 radical (unpaired) electrons. The van der Waals surface area contributed by atoms with Gasteiger partial charge < -0.3 is 14.6 Å². The van der Waals surface area contributed by atoms with Gasteiger partial charge in [-0.3, -0.25) is 0 Å². The van der Waals surface area contributed by atoms with Gasteiger partial charge >= 0.3 is 0 Å². The summed E-state index contributed by atoms with van der Waals surface area (Å²) in [6.45, 7) is 4.28. The van der Waals surface area contributed by atoms with E-state index in [0.717, 1.165) is 50.5 Å². The van der Waals surface area contributed by atoms with Crippen molar-refractivity contribution in [3.05, 3.63) is 11.7 Å². The molecular formula is C15H23N3O2. The summed E-state index contributed by atoms with van der Waals surface area (Å²) in [5.74, 6) is 2.08. The third-order valence-corrected chi connectivity index (χ3v) is 5.48. The van der Waals surface area contributed by atoms with E-state index in [1.807, 2.05) is 0 Å². The van der Waals surface area contributed by atoms with E-state index in [2.05, 4.69) is 17.4 Å². The summed E-state index contributed by atoms with van der Waals surface area (Å²) in [6.07, 6.45) is 7.56. The van der Waals surface area contributed by atoms with E-state index in [0.29, 0.717) is 18.1 Å². The van der Waals surface area contributed by atoms with Crippen molar-refractivity contribution in [2.45, 2.75) is 69.0 Å². The molecule has 2 bridgehead atoms. The maximum atomic E-state index is 5.91. The van der Waals surface area contributed by atoms with Crippen molar-refractivity contribution < 1.29 is 9.26 Å². The van der Waals surface area contributed by atoms with Gasteiger partial charge in [0.15, 0.2) is 5.82 Å². The lowest BCUT2D eigenvalue weighted by Gasteiger charge is -2.33. The summed E-state index contributed by atoms with van der Waals surface area (Å²) in [5.41, 5.74) is 0.0436. The van der Waals surface area contributed by atoms with Gasteiger partial charge in [0.2, 0.25) is 5.89 Å². The lowest BCUT2D eigenvalue weighted by atomic mass is 9.78. The van der Waals surface area contributed by atoms with Gasteiger partial charge in [-0.2, -0.15) is 4.98 Å². The molecule has 3 aliphatic heterocycles. The molecule has 3 saturated heterocycles. The zero-order valence-corrected chi connectivity index (χ0v) is 12.1. The molecule has 0 saturated carbocycles. The van der Waals surface area contributed by atoms with E-state index in [4.69, 9.17) is 14.2 Å². The molecule has 110 valence electrons. The number of rotatable bonds is 3. The molecule has 0 spiro atoms. The molecule has 5 heteroatoms. The van der Waals surface area contributed by atoms with E-state index in [1.165, 1.54) is 12.8 Å². The van der Waals surface area contributed by atoms with Crippen LogP contribution in [-0.4, -0.2) is 35.4 Å². The van der Waals surface area contributed by atoms with Gasteiger partial charge in [-0.05, 0) is 45.1 Å². The van der Waals surface area contributed by atoms with Crippen LogP contribution in [0.4, 0.5) is 0 Å². The molecule has 0 aromatic carbocycles. The van der Waals surface area contributed by atoms with Gasteiger partial charge in [-0.1, -0.05) is 12.1 Å². The number of nitrogens with zero attached hydrogens (tertiary/aromatic N) is 2. The van der Waals surface area contributed by atoms with Crippen molar-refractivity contribution in [2.75, 3.05) is 13.1 Å². The predicted octanol–water partition coefficient (Wildman–Crippen LogP) is 2.14. The lowest BCUT2D eigenvalue weighted by molar-refractivity contribution is 0.0996. The molecule has 5 nitrogen and oxygen atoms in total. The molecule has 1 aromatic rings. The summed E-state index contributed by atoms with van der Waals surface area (Å²) in [4.78, 5) is 4.78. The first-order chi connectivity index (χ1) is 9.81. The van der Waals surface area contributed by atoms with Crippen molar-refractivity contribution in [3.8, 4) is 0 Å². The molecule has 4 heterocycles. The van der Waals surface area contributed by atoms with Crippen LogP contribution in [0.25, 0.3) is 0 Å². The minimum atomic E-state index is 0.0436. The largest absolute Gasteiger partial charge is 0.374 e. The number of piperidine rings is 1. The van der Waals surface area contributed by atoms with E-state index < -0.39 is 0 Å². The van der Waals surface area contributed by atoms with Gasteiger partial charge in [-0.15, -0.1) is 0 Å². The van der Waals surface area contributed by atoms with Gasteiger partial charge in [-0.25, -0.2) is 0 Å². The van der Waals surface area contributed by atoms with Crippen LogP contribution in [0.2, 0.25) is 0 Å². The molecule has 0 amide bonds. The topological polar surface area (TPSA) is 60.2 Å². The van der Waals surface area contributed by atoms with Crippen molar-refractivity contribution in [2.24, 2.45) is 0 Å². The summed E-state index contributed by atoms with van der Waals surface area (Å²) in [7, 11) is 0. The van der Waals surface area contributed by atoms with Gasteiger partial charge in [0, 0.05) is 6.54 Å². The van der Waals surface area contributed by atoms with Crippen molar-refractivity contribution in [1.29, 1.82) is 0 Å². The Bertz CT molecular complexity index is 481.